The van der Waals surface area contributed by atoms with E-state index in [4.69, 9.17) is 0 Å². The molecule has 2 heteroatoms. The Kier molecular flexibility index (Phi) is 18.6. The zero-order chi connectivity index (χ0) is 16.3. The fourth-order valence-electron chi connectivity index (χ4n) is 2.66. The van der Waals surface area contributed by atoms with Gasteiger partial charge in [0.1, 0.15) is 0 Å². The zero-order valence-electron chi connectivity index (χ0n) is 15.8. The van der Waals surface area contributed by atoms with Gasteiger partial charge in [0.2, 0.25) is 7.41 Å². The van der Waals surface area contributed by atoms with Crippen LogP contribution in [-0.2, 0) is 0 Å². The van der Waals surface area contributed by atoms with E-state index in [-0.39, 0.29) is 0 Å². The highest BCUT2D eigenvalue weighted by molar-refractivity contribution is 6.31. The van der Waals surface area contributed by atoms with E-state index in [0.717, 1.165) is 6.54 Å². The molecule has 0 aromatic rings. The molecule has 0 amide bonds. The first-order valence-electron chi connectivity index (χ1n) is 9.99. The summed E-state index contributed by atoms with van der Waals surface area (Å²) in [6, 6.07) is 0. The fraction of sp³-hybridized carbons (Fsp3) is 0.900. The molecule has 0 heterocycles. The van der Waals surface area contributed by atoms with Crippen LogP contribution in [0.25, 0.3) is 0 Å². The van der Waals surface area contributed by atoms with Gasteiger partial charge in [0.15, 0.2) is 0 Å². The first kappa shape index (κ1) is 21.8. The molecule has 0 aliphatic heterocycles. The highest BCUT2D eigenvalue weighted by Gasteiger charge is 1.97. The SMILES string of the molecule is CCCCCCCC/C=C\CCCCCCC[B]N(C)CC. The second-order valence-electron chi connectivity index (χ2n) is 6.63. The first-order chi connectivity index (χ1) is 10.8. The molecule has 129 valence electrons. The molecule has 0 fully saturated rings. The Bertz CT molecular complexity index is 228. The lowest BCUT2D eigenvalue weighted by molar-refractivity contribution is 0.558. The molecule has 0 atom stereocenters. The molecule has 0 unspecified atom stereocenters. The molecule has 1 radical (unpaired) electrons. The number of hydrogen-bond donors (Lipinski definition) is 0. The predicted octanol–water partition coefficient (Wildman–Crippen LogP) is 6.62. The maximum atomic E-state index is 2.41. The van der Waals surface area contributed by atoms with Crippen LogP contribution in [0.1, 0.15) is 97.3 Å². The van der Waals surface area contributed by atoms with Gasteiger partial charge in [-0.05, 0) is 39.3 Å². The third-order valence-corrected chi connectivity index (χ3v) is 4.41. The Morgan fingerprint density at radius 1 is 0.682 bits per heavy atom. The summed E-state index contributed by atoms with van der Waals surface area (Å²) in [6.07, 6.45) is 24.1. The largest absolute Gasteiger partial charge is 0.349 e. The van der Waals surface area contributed by atoms with Crippen LogP contribution in [0.5, 0.6) is 0 Å². The van der Waals surface area contributed by atoms with Crippen molar-refractivity contribution in [2.45, 2.75) is 104 Å². The van der Waals surface area contributed by atoms with Crippen LogP contribution < -0.4 is 0 Å². The molecule has 0 bridgehead atoms. The smallest absolute Gasteiger partial charge is 0.208 e. The van der Waals surface area contributed by atoms with Gasteiger partial charge < -0.3 is 4.81 Å². The van der Waals surface area contributed by atoms with Gasteiger partial charge in [-0.3, -0.25) is 0 Å². The van der Waals surface area contributed by atoms with Gasteiger partial charge in [0.05, 0.1) is 0 Å². The average Bonchev–Trinajstić information content (AvgIpc) is 2.54. The molecular formula is C20H41BN. The van der Waals surface area contributed by atoms with Crippen molar-refractivity contribution in [3.05, 3.63) is 12.2 Å². The molecule has 0 rings (SSSR count). The van der Waals surface area contributed by atoms with E-state index in [1.807, 2.05) is 0 Å². The van der Waals surface area contributed by atoms with Gasteiger partial charge in [-0.25, -0.2) is 0 Å². The first-order valence-corrected chi connectivity index (χ1v) is 9.99. The highest BCUT2D eigenvalue weighted by atomic mass is 15.0. The summed E-state index contributed by atoms with van der Waals surface area (Å²) < 4.78 is 0. The third kappa shape index (κ3) is 17.8. The van der Waals surface area contributed by atoms with E-state index in [1.54, 1.807) is 0 Å². The quantitative estimate of drug-likeness (QED) is 0.166. The Balaban J connectivity index is 3.08. The summed E-state index contributed by atoms with van der Waals surface area (Å²) in [5, 5.41) is 0. The van der Waals surface area contributed by atoms with Crippen LogP contribution >= 0.6 is 0 Å². The van der Waals surface area contributed by atoms with Crippen LogP contribution in [0, 0.1) is 0 Å². The van der Waals surface area contributed by atoms with E-state index < -0.39 is 0 Å². The molecule has 22 heavy (non-hydrogen) atoms. The second-order valence-corrected chi connectivity index (χ2v) is 6.63. The monoisotopic (exact) mass is 306 g/mol. The number of unbranched alkanes of at least 4 members (excludes halogenated alkanes) is 11. The Hall–Kier alpha value is -0.235. The fourth-order valence-corrected chi connectivity index (χ4v) is 2.66. The summed E-state index contributed by atoms with van der Waals surface area (Å²) in [5.74, 6) is 0. The van der Waals surface area contributed by atoms with Crippen molar-refractivity contribution in [1.29, 1.82) is 0 Å². The molecule has 0 aliphatic carbocycles. The van der Waals surface area contributed by atoms with Crippen LogP contribution in [0.15, 0.2) is 12.2 Å². The van der Waals surface area contributed by atoms with Crippen molar-refractivity contribution in [2.75, 3.05) is 13.6 Å². The molecule has 0 aliphatic rings. The summed E-state index contributed by atoms with van der Waals surface area (Å²) in [7, 11) is 4.50. The molecule has 0 aromatic carbocycles. The lowest BCUT2D eigenvalue weighted by atomic mass is 9.84. The van der Waals surface area contributed by atoms with Crippen molar-refractivity contribution in [1.82, 2.24) is 4.81 Å². The summed E-state index contributed by atoms with van der Waals surface area (Å²) in [4.78, 5) is 2.29. The second kappa shape index (κ2) is 18.8. The molecule has 1 nitrogen and oxygen atoms in total. The van der Waals surface area contributed by atoms with Crippen molar-refractivity contribution in [3.8, 4) is 0 Å². The molecule has 0 saturated carbocycles. The van der Waals surface area contributed by atoms with Crippen LogP contribution in [-0.4, -0.2) is 25.8 Å². The average molecular weight is 306 g/mol. The van der Waals surface area contributed by atoms with Crippen LogP contribution in [0.4, 0.5) is 0 Å². The van der Waals surface area contributed by atoms with Crippen LogP contribution in [0.2, 0.25) is 6.32 Å². The highest BCUT2D eigenvalue weighted by Crippen LogP contribution is 2.10. The minimum absolute atomic E-state index is 1.13. The number of rotatable bonds is 17. The van der Waals surface area contributed by atoms with Gasteiger partial charge in [0.25, 0.3) is 0 Å². The minimum Gasteiger partial charge on any atom is -0.349 e. The predicted molar refractivity (Wildman–Crippen MR) is 104 cm³/mol. The van der Waals surface area contributed by atoms with Crippen LogP contribution in [0.3, 0.4) is 0 Å². The Labute approximate surface area is 142 Å². The summed E-state index contributed by atoms with van der Waals surface area (Å²) >= 11 is 0. The molecule has 0 N–H and O–H groups in total. The van der Waals surface area contributed by atoms with Crippen molar-refractivity contribution < 1.29 is 0 Å². The third-order valence-electron chi connectivity index (χ3n) is 4.41. The summed E-state index contributed by atoms with van der Waals surface area (Å²) in [5.41, 5.74) is 0. The maximum Gasteiger partial charge on any atom is 0.208 e. The maximum absolute atomic E-state index is 2.41. The molecular weight excluding hydrogens is 265 g/mol. The lowest BCUT2D eigenvalue weighted by Crippen LogP contribution is -2.21. The number of nitrogens with zero attached hydrogens (tertiary/aromatic N) is 1. The number of allylic oxidation sites excluding steroid dienone is 2. The van der Waals surface area contributed by atoms with E-state index in [2.05, 4.69) is 45.3 Å². The van der Waals surface area contributed by atoms with Gasteiger partial charge in [-0.2, -0.15) is 0 Å². The minimum atomic E-state index is 1.13. The van der Waals surface area contributed by atoms with Gasteiger partial charge >= 0.3 is 0 Å². The standard InChI is InChI=1S/C20H41BN/c1-4-6-7-8-9-10-11-12-13-14-15-16-17-18-19-20-21-22(3)5-2/h12-13H,4-11,14-20H2,1-3H3/b13-12-. The van der Waals surface area contributed by atoms with E-state index in [0.29, 0.717) is 0 Å². The van der Waals surface area contributed by atoms with Crippen molar-refractivity contribution in [2.24, 2.45) is 0 Å². The molecule has 0 saturated heterocycles. The van der Waals surface area contributed by atoms with Gasteiger partial charge in [-0.1, -0.05) is 90.1 Å². The van der Waals surface area contributed by atoms with Crippen molar-refractivity contribution >= 4 is 7.41 Å². The van der Waals surface area contributed by atoms with E-state index >= 15 is 0 Å². The van der Waals surface area contributed by atoms with Gasteiger partial charge in [-0.15, -0.1) is 0 Å². The topological polar surface area (TPSA) is 3.24 Å². The normalized spacial score (nSPS) is 11.6. The number of hydrogen-bond acceptors (Lipinski definition) is 1. The lowest BCUT2D eigenvalue weighted by Gasteiger charge is -2.11. The van der Waals surface area contributed by atoms with E-state index in [9.17, 15) is 0 Å². The Morgan fingerprint density at radius 2 is 1.18 bits per heavy atom. The van der Waals surface area contributed by atoms with Crippen molar-refractivity contribution in [3.63, 3.8) is 0 Å². The van der Waals surface area contributed by atoms with E-state index in [1.165, 1.54) is 89.8 Å². The van der Waals surface area contributed by atoms with Gasteiger partial charge in [0, 0.05) is 0 Å². The molecule has 0 aromatic heterocycles. The molecule has 0 spiro atoms. The Morgan fingerprint density at radius 3 is 1.73 bits per heavy atom. The zero-order valence-corrected chi connectivity index (χ0v) is 15.8. The summed E-state index contributed by atoms with van der Waals surface area (Å²) in [6.45, 7) is 5.62.